The number of rotatable bonds is 3. The van der Waals surface area contributed by atoms with Gasteiger partial charge in [0, 0.05) is 23.2 Å². The van der Waals surface area contributed by atoms with Crippen molar-refractivity contribution >= 4 is 28.3 Å². The summed E-state index contributed by atoms with van der Waals surface area (Å²) in [6.45, 7) is 0. The van der Waals surface area contributed by atoms with Gasteiger partial charge in [0.25, 0.3) is 0 Å². The third kappa shape index (κ3) is 3.37. The normalized spacial score (nSPS) is 25.9. The highest BCUT2D eigenvalue weighted by molar-refractivity contribution is 6.03. The lowest BCUT2D eigenvalue weighted by Gasteiger charge is -2.40. The summed E-state index contributed by atoms with van der Waals surface area (Å²) in [4.78, 5) is 24.8. The molecule has 25 heavy (non-hydrogen) atoms. The lowest BCUT2D eigenvalue weighted by atomic mass is 9.87. The van der Waals surface area contributed by atoms with Gasteiger partial charge in [0.1, 0.15) is 0 Å². The van der Waals surface area contributed by atoms with Crippen molar-refractivity contribution in [2.45, 2.75) is 50.2 Å². The molecule has 2 aliphatic rings. The first kappa shape index (κ1) is 16.1. The van der Waals surface area contributed by atoms with Gasteiger partial charge in [0.05, 0.1) is 12.5 Å². The van der Waals surface area contributed by atoms with Crippen LogP contribution in [0.1, 0.15) is 32.1 Å². The quantitative estimate of drug-likeness (QED) is 0.806. The minimum absolute atomic E-state index is 0.0591. The van der Waals surface area contributed by atoms with Crippen molar-refractivity contribution in [1.29, 1.82) is 0 Å². The minimum atomic E-state index is -0.450. The molecule has 2 fully saturated rings. The summed E-state index contributed by atoms with van der Waals surface area (Å²) in [7, 11) is 0. The predicted octanol–water partition coefficient (Wildman–Crippen LogP) is 2.57. The van der Waals surface area contributed by atoms with Crippen LogP contribution < -0.4 is 16.0 Å². The van der Waals surface area contributed by atoms with Crippen LogP contribution in [0.2, 0.25) is 0 Å². The molecule has 4 rings (SSSR count). The molecule has 2 aromatic carbocycles. The molecule has 1 aliphatic carbocycles. The summed E-state index contributed by atoms with van der Waals surface area (Å²) < 4.78 is 0. The van der Waals surface area contributed by atoms with Crippen LogP contribution in [0.3, 0.4) is 0 Å². The van der Waals surface area contributed by atoms with E-state index in [-0.39, 0.29) is 24.3 Å². The first-order valence-corrected chi connectivity index (χ1v) is 9.05. The Morgan fingerprint density at radius 3 is 2.68 bits per heavy atom. The number of anilines is 1. The molecule has 1 saturated heterocycles. The minimum Gasteiger partial charge on any atom is -0.350 e. The molecule has 1 heterocycles. The van der Waals surface area contributed by atoms with E-state index in [9.17, 15) is 9.59 Å². The van der Waals surface area contributed by atoms with Gasteiger partial charge < -0.3 is 16.0 Å². The third-order valence-corrected chi connectivity index (χ3v) is 5.28. The highest BCUT2D eigenvalue weighted by Crippen LogP contribution is 2.24. The van der Waals surface area contributed by atoms with Crippen molar-refractivity contribution in [2.24, 2.45) is 0 Å². The van der Waals surface area contributed by atoms with Crippen LogP contribution in [-0.2, 0) is 9.59 Å². The van der Waals surface area contributed by atoms with E-state index in [4.69, 9.17) is 0 Å². The van der Waals surface area contributed by atoms with E-state index >= 15 is 0 Å². The molecule has 3 N–H and O–H groups in total. The average molecular weight is 337 g/mol. The molecule has 2 amide bonds. The number of carbonyl (C=O) groups excluding carboxylic acids is 2. The summed E-state index contributed by atoms with van der Waals surface area (Å²) in [5.74, 6) is -0.200. The number of amides is 2. The molecule has 0 aromatic heterocycles. The van der Waals surface area contributed by atoms with Crippen molar-refractivity contribution in [3.8, 4) is 0 Å². The van der Waals surface area contributed by atoms with Crippen LogP contribution in [0.15, 0.2) is 42.5 Å². The zero-order chi connectivity index (χ0) is 17.2. The van der Waals surface area contributed by atoms with Gasteiger partial charge in [-0.1, -0.05) is 49.2 Å². The monoisotopic (exact) mass is 337 g/mol. The lowest BCUT2D eigenvalue weighted by molar-refractivity contribution is -0.129. The van der Waals surface area contributed by atoms with E-state index in [1.807, 2.05) is 42.5 Å². The second kappa shape index (κ2) is 6.84. The van der Waals surface area contributed by atoms with Crippen LogP contribution in [-0.4, -0.2) is 29.9 Å². The van der Waals surface area contributed by atoms with E-state index in [2.05, 4.69) is 16.0 Å². The Hall–Kier alpha value is -2.40. The van der Waals surface area contributed by atoms with Crippen molar-refractivity contribution in [3.05, 3.63) is 42.5 Å². The van der Waals surface area contributed by atoms with Crippen molar-refractivity contribution < 1.29 is 9.59 Å². The van der Waals surface area contributed by atoms with E-state index in [0.29, 0.717) is 6.04 Å². The van der Waals surface area contributed by atoms with Crippen LogP contribution >= 0.6 is 0 Å². The van der Waals surface area contributed by atoms with E-state index in [1.54, 1.807) is 0 Å². The zero-order valence-corrected chi connectivity index (χ0v) is 14.1. The fourth-order valence-electron chi connectivity index (χ4n) is 3.99. The van der Waals surface area contributed by atoms with E-state index in [0.717, 1.165) is 35.7 Å². The molecular weight excluding hydrogens is 314 g/mol. The zero-order valence-electron chi connectivity index (χ0n) is 14.1. The Bertz CT molecular complexity index is 799. The smallest absolute Gasteiger partial charge is 0.237 e. The number of piperazine rings is 1. The molecule has 0 bridgehead atoms. The molecule has 0 unspecified atom stereocenters. The molecule has 3 atom stereocenters. The second-order valence-electron chi connectivity index (χ2n) is 7.00. The van der Waals surface area contributed by atoms with Gasteiger partial charge in [-0.25, -0.2) is 0 Å². The van der Waals surface area contributed by atoms with Crippen LogP contribution in [0.5, 0.6) is 0 Å². The standard InChI is InChI=1S/C20H23N3O2/c24-19(22-15-11-5-7-13-6-1-2-8-14(13)15)12-18-20(25)23-17-10-4-3-9-16(17)21-18/h1-2,5-8,11,16-18,21H,3-4,9-10,12H2,(H,22,24)(H,23,25)/t16-,17+,18-/m1/s1. The fraction of sp³-hybridized carbons (Fsp3) is 0.400. The van der Waals surface area contributed by atoms with Gasteiger partial charge >= 0.3 is 0 Å². The predicted molar refractivity (Wildman–Crippen MR) is 98.3 cm³/mol. The summed E-state index contributed by atoms with van der Waals surface area (Å²) in [6, 6.07) is 13.8. The van der Waals surface area contributed by atoms with Gasteiger partial charge in [-0.3, -0.25) is 9.59 Å². The highest BCUT2D eigenvalue weighted by Gasteiger charge is 2.36. The number of hydrogen-bond donors (Lipinski definition) is 3. The highest BCUT2D eigenvalue weighted by atomic mass is 16.2. The molecule has 0 radical (unpaired) electrons. The summed E-state index contributed by atoms with van der Waals surface area (Å²) in [5.41, 5.74) is 0.787. The van der Waals surface area contributed by atoms with Crippen LogP contribution in [0.25, 0.3) is 10.8 Å². The number of hydrogen-bond acceptors (Lipinski definition) is 3. The maximum Gasteiger partial charge on any atom is 0.237 e. The summed E-state index contributed by atoms with van der Waals surface area (Å²) >= 11 is 0. The fourth-order valence-corrected chi connectivity index (χ4v) is 3.99. The second-order valence-corrected chi connectivity index (χ2v) is 7.00. The van der Waals surface area contributed by atoms with Gasteiger partial charge in [-0.15, -0.1) is 0 Å². The SMILES string of the molecule is O=C(C[C@H]1N[C@@H]2CCCC[C@@H]2NC1=O)Nc1cccc2ccccc12. The number of nitrogens with one attached hydrogen (secondary N) is 3. The molecule has 130 valence electrons. The Kier molecular flexibility index (Phi) is 4.40. The summed E-state index contributed by atoms with van der Waals surface area (Å²) in [5, 5.41) is 11.5. The molecule has 1 aliphatic heterocycles. The van der Waals surface area contributed by atoms with Crippen LogP contribution in [0.4, 0.5) is 5.69 Å². The van der Waals surface area contributed by atoms with Crippen molar-refractivity contribution in [3.63, 3.8) is 0 Å². The van der Waals surface area contributed by atoms with Gasteiger partial charge in [-0.2, -0.15) is 0 Å². The molecular formula is C20H23N3O2. The Morgan fingerprint density at radius 1 is 1.04 bits per heavy atom. The first-order valence-electron chi connectivity index (χ1n) is 9.05. The Labute approximate surface area is 147 Å². The van der Waals surface area contributed by atoms with Crippen molar-refractivity contribution in [1.82, 2.24) is 10.6 Å². The number of fused-ring (bicyclic) bond motifs is 2. The topological polar surface area (TPSA) is 70.2 Å². The van der Waals surface area contributed by atoms with E-state index < -0.39 is 6.04 Å². The van der Waals surface area contributed by atoms with Gasteiger partial charge in [0.2, 0.25) is 11.8 Å². The van der Waals surface area contributed by atoms with Gasteiger partial charge in [-0.05, 0) is 24.3 Å². The maximum absolute atomic E-state index is 12.5. The lowest BCUT2D eigenvalue weighted by Crippen LogP contribution is -2.65. The maximum atomic E-state index is 12.5. The molecule has 5 nitrogen and oxygen atoms in total. The van der Waals surface area contributed by atoms with Gasteiger partial charge in [0.15, 0.2) is 0 Å². The first-order chi connectivity index (χ1) is 12.2. The summed E-state index contributed by atoms with van der Waals surface area (Å²) in [6.07, 6.45) is 4.58. The molecule has 5 heteroatoms. The number of benzene rings is 2. The van der Waals surface area contributed by atoms with E-state index in [1.165, 1.54) is 6.42 Å². The van der Waals surface area contributed by atoms with Crippen LogP contribution in [0, 0.1) is 0 Å². The molecule has 1 saturated carbocycles. The largest absolute Gasteiger partial charge is 0.350 e. The third-order valence-electron chi connectivity index (χ3n) is 5.28. The average Bonchev–Trinajstić information content (AvgIpc) is 2.63. The van der Waals surface area contributed by atoms with Crippen molar-refractivity contribution in [2.75, 3.05) is 5.32 Å². The Balaban J connectivity index is 1.44. The molecule has 0 spiro atoms. The number of carbonyl (C=O) groups is 2. The molecule has 2 aromatic rings. The Morgan fingerprint density at radius 2 is 1.80 bits per heavy atom.